The van der Waals surface area contributed by atoms with Crippen molar-refractivity contribution in [3.05, 3.63) is 53.7 Å². The number of aromatic nitrogens is 5. The van der Waals surface area contributed by atoms with Gasteiger partial charge in [-0.05, 0) is 37.5 Å². The van der Waals surface area contributed by atoms with Crippen molar-refractivity contribution >= 4 is 5.82 Å². The quantitative estimate of drug-likeness (QED) is 0.531. The van der Waals surface area contributed by atoms with E-state index in [9.17, 15) is 13.2 Å². The fraction of sp³-hybridized carbons (Fsp3) is 0.478. The number of alkyl halides is 1. The first kappa shape index (κ1) is 21.7. The predicted molar refractivity (Wildman–Crippen MR) is 115 cm³/mol. The molecule has 1 aliphatic heterocycles. The lowest BCUT2D eigenvalue weighted by molar-refractivity contribution is 0.264. The number of benzene rings is 1. The van der Waals surface area contributed by atoms with Crippen molar-refractivity contribution < 1.29 is 17.9 Å². The Morgan fingerprint density at radius 1 is 1.03 bits per heavy atom. The topological polar surface area (TPSA) is 69.0 Å². The Morgan fingerprint density at radius 3 is 2.42 bits per heavy atom. The molecule has 0 radical (unpaired) electrons. The highest BCUT2D eigenvalue weighted by molar-refractivity contribution is 5.40. The van der Waals surface area contributed by atoms with Crippen LogP contribution >= 0.6 is 0 Å². The van der Waals surface area contributed by atoms with Crippen molar-refractivity contribution in [2.45, 2.75) is 32.7 Å². The van der Waals surface area contributed by atoms with E-state index >= 15 is 0 Å². The molecule has 0 spiro atoms. The van der Waals surface area contributed by atoms with Crippen LogP contribution in [0.1, 0.15) is 24.4 Å². The molecule has 2 unspecified atom stereocenters. The fourth-order valence-corrected chi connectivity index (χ4v) is 5.13. The molecule has 2 bridgehead atoms. The fourth-order valence-electron chi connectivity index (χ4n) is 5.13. The number of anilines is 1. The Balaban J connectivity index is 1.32. The standard InChI is InChI=1S/C23H25F3N6O/c1-14-6-22(28-13-27-14)31-11-15-2-3-16(12-31)20(15)10-21-29-23(32(30-21)5-4-24)33-19-8-17(25)7-18(26)9-19/h6-9,13,15-16,20H,2-5,10-12H2,1H3. The zero-order chi connectivity index (χ0) is 22.9. The Hall–Kier alpha value is -3.17. The maximum Gasteiger partial charge on any atom is 0.320 e. The van der Waals surface area contributed by atoms with E-state index in [1.807, 2.05) is 13.0 Å². The number of hydrogen-bond donors (Lipinski definition) is 0. The summed E-state index contributed by atoms with van der Waals surface area (Å²) in [5.41, 5.74) is 0.947. The molecule has 3 heterocycles. The van der Waals surface area contributed by atoms with Crippen LogP contribution in [0.3, 0.4) is 0 Å². The molecule has 3 aromatic rings. The van der Waals surface area contributed by atoms with E-state index in [0.29, 0.717) is 30.0 Å². The number of halogens is 3. The second kappa shape index (κ2) is 8.99. The third-order valence-electron chi connectivity index (χ3n) is 6.58. The summed E-state index contributed by atoms with van der Waals surface area (Å²) in [4.78, 5) is 15.4. The average Bonchev–Trinajstić information content (AvgIpc) is 3.22. The molecule has 2 atom stereocenters. The maximum atomic E-state index is 13.5. The van der Waals surface area contributed by atoms with Gasteiger partial charge in [0.25, 0.3) is 0 Å². The molecule has 7 nitrogen and oxygen atoms in total. The summed E-state index contributed by atoms with van der Waals surface area (Å²) < 4.78 is 47.0. The summed E-state index contributed by atoms with van der Waals surface area (Å²) >= 11 is 0. The van der Waals surface area contributed by atoms with Gasteiger partial charge >= 0.3 is 6.01 Å². The second-order valence-electron chi connectivity index (χ2n) is 8.82. The van der Waals surface area contributed by atoms with Gasteiger partial charge in [0.1, 0.15) is 36.2 Å². The van der Waals surface area contributed by atoms with E-state index < -0.39 is 18.3 Å². The van der Waals surface area contributed by atoms with Crippen molar-refractivity contribution in [3.63, 3.8) is 0 Å². The van der Waals surface area contributed by atoms with E-state index in [-0.39, 0.29) is 18.3 Å². The summed E-state index contributed by atoms with van der Waals surface area (Å²) in [6, 6.07) is 4.92. The van der Waals surface area contributed by atoms with Crippen LogP contribution in [0.2, 0.25) is 0 Å². The highest BCUT2D eigenvalue weighted by Crippen LogP contribution is 2.44. The van der Waals surface area contributed by atoms with Crippen LogP contribution in [0.15, 0.2) is 30.6 Å². The van der Waals surface area contributed by atoms with E-state index in [2.05, 4.69) is 25.0 Å². The summed E-state index contributed by atoms with van der Waals surface area (Å²) in [5.74, 6) is 1.32. The number of aryl methyl sites for hydroxylation is 2. The van der Waals surface area contributed by atoms with Gasteiger partial charge in [-0.25, -0.2) is 27.8 Å². The van der Waals surface area contributed by atoms with Crippen LogP contribution < -0.4 is 9.64 Å². The molecule has 1 saturated heterocycles. The van der Waals surface area contributed by atoms with Crippen molar-refractivity contribution in [2.24, 2.45) is 17.8 Å². The van der Waals surface area contributed by atoms with Gasteiger partial charge in [-0.3, -0.25) is 0 Å². The van der Waals surface area contributed by atoms with Gasteiger partial charge in [-0.2, -0.15) is 10.1 Å². The zero-order valence-corrected chi connectivity index (χ0v) is 18.3. The Labute approximate surface area is 189 Å². The first-order valence-corrected chi connectivity index (χ1v) is 11.2. The van der Waals surface area contributed by atoms with Gasteiger partial charge in [-0.15, -0.1) is 0 Å². The van der Waals surface area contributed by atoms with Crippen LogP contribution in [-0.2, 0) is 13.0 Å². The third kappa shape index (κ3) is 4.65. The molecule has 1 saturated carbocycles. The number of fused-ring (bicyclic) bond motifs is 2. The smallest absolute Gasteiger partial charge is 0.320 e. The molecule has 174 valence electrons. The number of hydrogen-bond acceptors (Lipinski definition) is 6. The minimum absolute atomic E-state index is 0.0360. The lowest BCUT2D eigenvalue weighted by atomic mass is 9.82. The molecule has 1 aliphatic carbocycles. The molecule has 1 aromatic carbocycles. The van der Waals surface area contributed by atoms with Crippen LogP contribution in [0.25, 0.3) is 0 Å². The lowest BCUT2D eigenvalue weighted by Crippen LogP contribution is -2.43. The molecule has 5 rings (SSSR count). The van der Waals surface area contributed by atoms with Gasteiger partial charge in [-0.1, -0.05) is 0 Å². The molecular weight excluding hydrogens is 433 g/mol. The summed E-state index contributed by atoms with van der Waals surface area (Å²) in [6.45, 7) is 3.09. The molecule has 0 amide bonds. The lowest BCUT2D eigenvalue weighted by Gasteiger charge is -2.38. The molecule has 0 N–H and O–H groups in total. The van der Waals surface area contributed by atoms with Crippen LogP contribution in [0.4, 0.5) is 19.0 Å². The van der Waals surface area contributed by atoms with E-state index in [0.717, 1.165) is 55.6 Å². The molecule has 2 aromatic heterocycles. The summed E-state index contributed by atoms with van der Waals surface area (Å²) in [6.07, 6.45) is 4.52. The number of rotatable bonds is 7. The van der Waals surface area contributed by atoms with E-state index in [4.69, 9.17) is 4.74 Å². The van der Waals surface area contributed by atoms with Gasteiger partial charge in [0, 0.05) is 49.5 Å². The van der Waals surface area contributed by atoms with E-state index in [1.54, 1.807) is 6.33 Å². The Morgan fingerprint density at radius 2 is 1.76 bits per heavy atom. The third-order valence-corrected chi connectivity index (χ3v) is 6.58. The zero-order valence-electron chi connectivity index (χ0n) is 18.3. The first-order chi connectivity index (χ1) is 16.0. The van der Waals surface area contributed by atoms with Crippen molar-refractivity contribution in [1.82, 2.24) is 24.7 Å². The van der Waals surface area contributed by atoms with Gasteiger partial charge in [0.2, 0.25) is 0 Å². The van der Waals surface area contributed by atoms with Crippen LogP contribution in [0.5, 0.6) is 11.8 Å². The number of ether oxygens (including phenoxy) is 1. The monoisotopic (exact) mass is 458 g/mol. The SMILES string of the molecule is Cc1cc(N2CC3CCC(C2)C3Cc2nc(Oc3cc(F)cc(F)c3)n(CCF)n2)ncn1. The van der Waals surface area contributed by atoms with Crippen LogP contribution in [-0.4, -0.2) is 44.5 Å². The summed E-state index contributed by atoms with van der Waals surface area (Å²) in [7, 11) is 0. The van der Waals surface area contributed by atoms with E-state index in [1.165, 1.54) is 4.68 Å². The highest BCUT2D eigenvalue weighted by Gasteiger charge is 2.42. The van der Waals surface area contributed by atoms with Crippen LogP contribution in [0, 0.1) is 36.3 Å². The highest BCUT2D eigenvalue weighted by atomic mass is 19.1. The Kier molecular flexibility index (Phi) is 5.90. The predicted octanol–water partition coefficient (Wildman–Crippen LogP) is 4.12. The number of piperidine rings is 1. The van der Waals surface area contributed by atoms with Gasteiger partial charge in [0.05, 0.1) is 6.54 Å². The Bertz CT molecular complexity index is 1100. The first-order valence-electron chi connectivity index (χ1n) is 11.2. The normalized spacial score (nSPS) is 22.1. The van der Waals surface area contributed by atoms with Crippen molar-refractivity contribution in [2.75, 3.05) is 24.7 Å². The molecule has 2 fully saturated rings. The molecule has 2 aliphatic rings. The average molecular weight is 458 g/mol. The van der Waals surface area contributed by atoms with Gasteiger partial charge in [0.15, 0.2) is 5.82 Å². The minimum atomic E-state index is -0.760. The van der Waals surface area contributed by atoms with Gasteiger partial charge < -0.3 is 9.64 Å². The molecule has 10 heteroatoms. The maximum absolute atomic E-state index is 13.5. The number of nitrogens with zero attached hydrogens (tertiary/aromatic N) is 6. The molecule has 33 heavy (non-hydrogen) atoms. The largest absolute Gasteiger partial charge is 0.424 e. The molecular formula is C23H25F3N6O. The second-order valence-corrected chi connectivity index (χ2v) is 8.82. The van der Waals surface area contributed by atoms with Crippen molar-refractivity contribution in [1.29, 1.82) is 0 Å². The summed E-state index contributed by atoms with van der Waals surface area (Å²) in [5, 5.41) is 4.44. The van der Waals surface area contributed by atoms with Crippen molar-refractivity contribution in [3.8, 4) is 11.8 Å². The minimum Gasteiger partial charge on any atom is -0.424 e.